The van der Waals surface area contributed by atoms with Crippen molar-refractivity contribution >= 4 is 17.5 Å². The van der Waals surface area contributed by atoms with Gasteiger partial charge in [0.05, 0.1) is 12.1 Å². The molecule has 4 nitrogen and oxygen atoms in total. The first-order valence-electron chi connectivity index (χ1n) is 6.84. The molecule has 0 saturated carbocycles. The minimum atomic E-state index is -0.0755. The summed E-state index contributed by atoms with van der Waals surface area (Å²) in [5.41, 5.74) is 7.02. The van der Waals surface area contributed by atoms with Crippen molar-refractivity contribution in [3.05, 3.63) is 58.5 Å². The molecule has 1 aromatic carbocycles. The third kappa shape index (κ3) is 3.86. The summed E-state index contributed by atoms with van der Waals surface area (Å²) >= 11 is 5.99. The number of furan rings is 1. The SMILES string of the molecule is CC(C)N(Cc1cccc(Cl)c1)C(=O)c1coc(CN)c1. The minimum absolute atomic E-state index is 0.0627. The Kier molecular flexibility index (Phi) is 5.04. The lowest BCUT2D eigenvalue weighted by atomic mass is 10.1. The van der Waals surface area contributed by atoms with Gasteiger partial charge in [-0.15, -0.1) is 0 Å². The van der Waals surface area contributed by atoms with E-state index in [0.717, 1.165) is 5.56 Å². The molecule has 0 aliphatic heterocycles. The Morgan fingerprint density at radius 2 is 2.14 bits per heavy atom. The largest absolute Gasteiger partial charge is 0.467 e. The Morgan fingerprint density at radius 1 is 1.38 bits per heavy atom. The van der Waals surface area contributed by atoms with E-state index >= 15 is 0 Å². The average Bonchev–Trinajstić information content (AvgIpc) is 2.93. The Hall–Kier alpha value is -1.78. The molecule has 0 atom stereocenters. The Morgan fingerprint density at radius 3 is 2.71 bits per heavy atom. The Bertz CT molecular complexity index is 622. The maximum Gasteiger partial charge on any atom is 0.257 e. The van der Waals surface area contributed by atoms with Crippen molar-refractivity contribution in [2.75, 3.05) is 0 Å². The highest BCUT2D eigenvalue weighted by atomic mass is 35.5. The van der Waals surface area contributed by atoms with Gasteiger partial charge >= 0.3 is 0 Å². The van der Waals surface area contributed by atoms with E-state index < -0.39 is 0 Å². The first kappa shape index (κ1) is 15.6. The van der Waals surface area contributed by atoms with Crippen LogP contribution >= 0.6 is 11.6 Å². The summed E-state index contributed by atoms with van der Waals surface area (Å²) in [5.74, 6) is 0.526. The number of amides is 1. The van der Waals surface area contributed by atoms with Crippen LogP contribution in [0.5, 0.6) is 0 Å². The number of hydrogen-bond donors (Lipinski definition) is 1. The highest BCUT2D eigenvalue weighted by Gasteiger charge is 2.21. The first-order chi connectivity index (χ1) is 10.0. The number of nitrogens with zero attached hydrogens (tertiary/aromatic N) is 1. The summed E-state index contributed by atoms with van der Waals surface area (Å²) < 4.78 is 5.24. The van der Waals surface area contributed by atoms with Gasteiger partial charge in [-0.05, 0) is 37.6 Å². The molecule has 0 unspecified atom stereocenters. The molecule has 2 N–H and O–H groups in total. The molecular formula is C16H19ClN2O2. The van der Waals surface area contributed by atoms with Crippen LogP contribution in [0.2, 0.25) is 5.02 Å². The number of rotatable bonds is 5. The van der Waals surface area contributed by atoms with Crippen LogP contribution in [0.4, 0.5) is 0 Å². The number of carbonyl (C=O) groups excluding carboxylic acids is 1. The lowest BCUT2D eigenvalue weighted by Gasteiger charge is -2.26. The highest BCUT2D eigenvalue weighted by molar-refractivity contribution is 6.30. The summed E-state index contributed by atoms with van der Waals surface area (Å²) in [7, 11) is 0. The number of benzene rings is 1. The van der Waals surface area contributed by atoms with Gasteiger partial charge < -0.3 is 15.1 Å². The van der Waals surface area contributed by atoms with Crippen LogP contribution in [0.15, 0.2) is 41.0 Å². The molecule has 0 radical (unpaired) electrons. The molecule has 0 aliphatic carbocycles. The Balaban J connectivity index is 2.20. The summed E-state index contributed by atoms with van der Waals surface area (Å²) in [6, 6.07) is 9.27. The second kappa shape index (κ2) is 6.78. The normalized spacial score (nSPS) is 10.9. The number of carbonyl (C=O) groups is 1. The molecule has 1 heterocycles. The summed E-state index contributed by atoms with van der Waals surface area (Å²) in [6.07, 6.45) is 1.46. The van der Waals surface area contributed by atoms with Crippen LogP contribution in [-0.4, -0.2) is 16.8 Å². The average molecular weight is 307 g/mol. The van der Waals surface area contributed by atoms with E-state index in [1.54, 1.807) is 11.0 Å². The molecule has 1 amide bonds. The van der Waals surface area contributed by atoms with E-state index in [0.29, 0.717) is 22.9 Å². The van der Waals surface area contributed by atoms with Crippen molar-refractivity contribution < 1.29 is 9.21 Å². The fraction of sp³-hybridized carbons (Fsp3) is 0.312. The second-order valence-corrected chi connectivity index (χ2v) is 5.60. The number of halogens is 1. The third-order valence-electron chi connectivity index (χ3n) is 3.23. The molecule has 1 aromatic heterocycles. The van der Waals surface area contributed by atoms with Crippen molar-refractivity contribution in [2.24, 2.45) is 5.73 Å². The van der Waals surface area contributed by atoms with E-state index in [1.165, 1.54) is 6.26 Å². The fourth-order valence-electron chi connectivity index (χ4n) is 2.09. The van der Waals surface area contributed by atoms with Gasteiger partial charge in [0.1, 0.15) is 12.0 Å². The first-order valence-corrected chi connectivity index (χ1v) is 7.22. The van der Waals surface area contributed by atoms with Gasteiger partial charge in [-0.2, -0.15) is 0 Å². The third-order valence-corrected chi connectivity index (χ3v) is 3.46. The standard InChI is InChI=1S/C16H19ClN2O2/c1-11(2)19(9-12-4-3-5-14(17)6-12)16(20)13-7-15(8-18)21-10-13/h3-7,10-11H,8-9,18H2,1-2H3. The number of hydrogen-bond acceptors (Lipinski definition) is 3. The van der Waals surface area contributed by atoms with Crippen LogP contribution in [0.3, 0.4) is 0 Å². The zero-order valence-corrected chi connectivity index (χ0v) is 12.9. The fourth-order valence-corrected chi connectivity index (χ4v) is 2.30. The summed E-state index contributed by atoms with van der Waals surface area (Å²) in [4.78, 5) is 14.4. The molecule has 2 rings (SSSR count). The van der Waals surface area contributed by atoms with Gasteiger partial charge in [0.15, 0.2) is 0 Å². The quantitative estimate of drug-likeness (QED) is 0.920. The predicted octanol–water partition coefficient (Wildman–Crippen LogP) is 3.44. The molecule has 0 aliphatic rings. The molecule has 112 valence electrons. The van der Waals surface area contributed by atoms with Gasteiger partial charge in [-0.3, -0.25) is 4.79 Å². The van der Waals surface area contributed by atoms with Crippen molar-refractivity contribution in [1.29, 1.82) is 0 Å². The summed E-state index contributed by atoms with van der Waals surface area (Å²) in [6.45, 7) is 4.74. The van der Waals surface area contributed by atoms with Gasteiger partial charge in [-0.25, -0.2) is 0 Å². The molecule has 0 fully saturated rings. The van der Waals surface area contributed by atoms with Gasteiger partial charge in [0, 0.05) is 17.6 Å². The maximum atomic E-state index is 12.6. The zero-order chi connectivity index (χ0) is 15.4. The van der Waals surface area contributed by atoms with Crippen molar-refractivity contribution in [3.8, 4) is 0 Å². The molecule has 5 heteroatoms. The Labute approximate surface area is 129 Å². The highest BCUT2D eigenvalue weighted by Crippen LogP contribution is 2.17. The van der Waals surface area contributed by atoms with Crippen LogP contribution in [0.25, 0.3) is 0 Å². The maximum absolute atomic E-state index is 12.6. The van der Waals surface area contributed by atoms with Crippen molar-refractivity contribution in [1.82, 2.24) is 4.90 Å². The monoisotopic (exact) mass is 306 g/mol. The number of nitrogens with two attached hydrogens (primary N) is 1. The van der Waals surface area contributed by atoms with E-state index in [2.05, 4.69) is 0 Å². The van der Waals surface area contributed by atoms with Crippen molar-refractivity contribution in [2.45, 2.75) is 33.0 Å². The summed E-state index contributed by atoms with van der Waals surface area (Å²) in [5, 5.41) is 0.664. The van der Waals surface area contributed by atoms with Crippen LogP contribution in [0.1, 0.15) is 35.5 Å². The van der Waals surface area contributed by atoms with Crippen LogP contribution < -0.4 is 5.73 Å². The molecule has 0 spiro atoms. The van der Waals surface area contributed by atoms with Gasteiger partial charge in [-0.1, -0.05) is 23.7 Å². The molecule has 0 bridgehead atoms. The van der Waals surface area contributed by atoms with Crippen LogP contribution in [-0.2, 0) is 13.1 Å². The van der Waals surface area contributed by atoms with E-state index in [9.17, 15) is 4.79 Å². The smallest absolute Gasteiger partial charge is 0.257 e. The van der Waals surface area contributed by atoms with E-state index in [1.807, 2.05) is 38.1 Å². The van der Waals surface area contributed by atoms with Gasteiger partial charge in [0.25, 0.3) is 5.91 Å². The van der Waals surface area contributed by atoms with E-state index in [-0.39, 0.29) is 18.5 Å². The lowest BCUT2D eigenvalue weighted by molar-refractivity contribution is 0.0689. The van der Waals surface area contributed by atoms with Crippen molar-refractivity contribution in [3.63, 3.8) is 0 Å². The van der Waals surface area contributed by atoms with Gasteiger partial charge in [0.2, 0.25) is 0 Å². The molecule has 21 heavy (non-hydrogen) atoms. The minimum Gasteiger partial charge on any atom is -0.467 e. The zero-order valence-electron chi connectivity index (χ0n) is 12.2. The lowest BCUT2D eigenvalue weighted by Crippen LogP contribution is -2.36. The van der Waals surface area contributed by atoms with Crippen LogP contribution in [0, 0.1) is 0 Å². The predicted molar refractivity (Wildman–Crippen MR) is 83.1 cm³/mol. The molecule has 2 aromatic rings. The van der Waals surface area contributed by atoms with E-state index in [4.69, 9.17) is 21.8 Å². The molecular weight excluding hydrogens is 288 g/mol. The molecule has 0 saturated heterocycles. The second-order valence-electron chi connectivity index (χ2n) is 5.16. The topological polar surface area (TPSA) is 59.5 Å².